The second kappa shape index (κ2) is 7.53. The maximum absolute atomic E-state index is 12.3. The standard InChI is InChI=1S/C21H20N4O2/c26-20-18-10-4-5-11-19(18)21(27)25(20)13-7-6-12-24-15-17(22-23-24)14-16-8-2-1-3-9-16/h1-5,8-11,15H,6-7,12-14H2. The topological polar surface area (TPSA) is 68.1 Å². The Bertz CT molecular complexity index is 930. The lowest BCUT2D eigenvalue weighted by molar-refractivity contribution is 0.0651. The third-order valence-corrected chi connectivity index (χ3v) is 4.71. The molecule has 6 nitrogen and oxygen atoms in total. The molecule has 6 heteroatoms. The van der Waals surface area contributed by atoms with Gasteiger partial charge in [0.1, 0.15) is 0 Å². The van der Waals surface area contributed by atoms with Crippen LogP contribution < -0.4 is 0 Å². The van der Waals surface area contributed by atoms with Crippen LogP contribution in [-0.2, 0) is 13.0 Å². The van der Waals surface area contributed by atoms with Gasteiger partial charge >= 0.3 is 0 Å². The van der Waals surface area contributed by atoms with Gasteiger partial charge in [0.25, 0.3) is 11.8 Å². The van der Waals surface area contributed by atoms with Crippen LogP contribution in [0.2, 0.25) is 0 Å². The van der Waals surface area contributed by atoms with E-state index in [-0.39, 0.29) is 11.8 Å². The number of unbranched alkanes of at least 4 members (excludes halogenated alkanes) is 1. The van der Waals surface area contributed by atoms with Gasteiger partial charge in [0.2, 0.25) is 0 Å². The molecule has 2 amide bonds. The summed E-state index contributed by atoms with van der Waals surface area (Å²) in [5.74, 6) is -0.386. The molecule has 1 aliphatic heterocycles. The second-order valence-electron chi connectivity index (χ2n) is 6.65. The number of rotatable bonds is 7. The third-order valence-electron chi connectivity index (χ3n) is 4.71. The van der Waals surface area contributed by atoms with E-state index in [2.05, 4.69) is 22.4 Å². The van der Waals surface area contributed by atoms with Gasteiger partial charge in [0.15, 0.2) is 0 Å². The Morgan fingerprint density at radius 2 is 1.41 bits per heavy atom. The van der Waals surface area contributed by atoms with Gasteiger partial charge in [-0.25, -0.2) is 0 Å². The minimum absolute atomic E-state index is 0.193. The number of benzene rings is 2. The lowest BCUT2D eigenvalue weighted by Gasteiger charge is -2.13. The second-order valence-corrected chi connectivity index (χ2v) is 6.65. The van der Waals surface area contributed by atoms with Crippen molar-refractivity contribution < 1.29 is 9.59 Å². The van der Waals surface area contributed by atoms with Crippen molar-refractivity contribution in [2.45, 2.75) is 25.8 Å². The molecule has 136 valence electrons. The van der Waals surface area contributed by atoms with Crippen molar-refractivity contribution in [3.63, 3.8) is 0 Å². The van der Waals surface area contributed by atoms with Crippen molar-refractivity contribution in [2.75, 3.05) is 6.54 Å². The summed E-state index contributed by atoms with van der Waals surface area (Å²) in [6.45, 7) is 1.14. The average Bonchev–Trinajstić information content (AvgIpc) is 3.24. The van der Waals surface area contributed by atoms with Gasteiger partial charge < -0.3 is 0 Å². The van der Waals surface area contributed by atoms with E-state index in [1.54, 1.807) is 24.3 Å². The molecule has 0 radical (unpaired) electrons. The fourth-order valence-corrected chi connectivity index (χ4v) is 3.32. The van der Waals surface area contributed by atoms with E-state index in [9.17, 15) is 9.59 Å². The molecule has 0 unspecified atom stereocenters. The zero-order chi connectivity index (χ0) is 18.6. The highest BCUT2D eigenvalue weighted by Crippen LogP contribution is 2.22. The van der Waals surface area contributed by atoms with Crippen LogP contribution in [0.15, 0.2) is 60.8 Å². The molecule has 1 aliphatic rings. The van der Waals surface area contributed by atoms with Crippen LogP contribution in [0, 0.1) is 0 Å². The lowest BCUT2D eigenvalue weighted by atomic mass is 10.1. The number of carbonyl (C=O) groups excluding carboxylic acids is 2. The molecule has 0 spiro atoms. The molecular weight excluding hydrogens is 340 g/mol. The van der Waals surface area contributed by atoms with Crippen molar-refractivity contribution in [3.05, 3.63) is 83.2 Å². The zero-order valence-electron chi connectivity index (χ0n) is 14.9. The van der Waals surface area contributed by atoms with Gasteiger partial charge in [-0.3, -0.25) is 19.2 Å². The predicted octanol–water partition coefficient (Wildman–Crippen LogP) is 2.95. The number of hydrogen-bond acceptors (Lipinski definition) is 4. The number of aromatic nitrogens is 3. The van der Waals surface area contributed by atoms with Crippen LogP contribution in [0.3, 0.4) is 0 Å². The van der Waals surface area contributed by atoms with Crippen LogP contribution in [0.25, 0.3) is 0 Å². The fourth-order valence-electron chi connectivity index (χ4n) is 3.32. The van der Waals surface area contributed by atoms with Crippen LogP contribution in [0.5, 0.6) is 0 Å². The summed E-state index contributed by atoms with van der Waals surface area (Å²) < 4.78 is 1.82. The number of hydrogen-bond donors (Lipinski definition) is 0. The molecule has 27 heavy (non-hydrogen) atoms. The molecule has 1 aromatic heterocycles. The summed E-state index contributed by atoms with van der Waals surface area (Å²) in [7, 11) is 0. The summed E-state index contributed by atoms with van der Waals surface area (Å²) in [5.41, 5.74) is 3.14. The van der Waals surface area contributed by atoms with Crippen molar-refractivity contribution in [1.82, 2.24) is 19.9 Å². The third kappa shape index (κ3) is 3.65. The Hall–Kier alpha value is -3.28. The van der Waals surface area contributed by atoms with Crippen LogP contribution in [0.1, 0.15) is 44.8 Å². The molecule has 4 rings (SSSR count). The molecule has 2 heterocycles. The van der Waals surface area contributed by atoms with E-state index in [0.29, 0.717) is 24.2 Å². The quantitative estimate of drug-likeness (QED) is 0.480. The highest BCUT2D eigenvalue weighted by atomic mass is 16.2. The van der Waals surface area contributed by atoms with Crippen molar-refractivity contribution in [1.29, 1.82) is 0 Å². The zero-order valence-corrected chi connectivity index (χ0v) is 14.9. The lowest BCUT2D eigenvalue weighted by Crippen LogP contribution is -2.30. The molecule has 0 atom stereocenters. The predicted molar refractivity (Wildman–Crippen MR) is 100 cm³/mol. The summed E-state index contributed by atoms with van der Waals surface area (Å²) >= 11 is 0. The summed E-state index contributed by atoms with van der Waals surface area (Å²) in [5, 5.41) is 8.38. The smallest absolute Gasteiger partial charge is 0.261 e. The highest BCUT2D eigenvalue weighted by molar-refractivity contribution is 6.21. The minimum Gasteiger partial charge on any atom is -0.274 e. The molecule has 0 fully saturated rings. The van der Waals surface area contributed by atoms with E-state index in [1.165, 1.54) is 10.5 Å². The van der Waals surface area contributed by atoms with Crippen molar-refractivity contribution in [2.24, 2.45) is 0 Å². The largest absolute Gasteiger partial charge is 0.274 e. The summed E-state index contributed by atoms with van der Waals surface area (Å²) in [6, 6.07) is 17.1. The molecular formula is C21H20N4O2. The molecule has 2 aromatic carbocycles. The number of nitrogens with zero attached hydrogens (tertiary/aromatic N) is 4. The van der Waals surface area contributed by atoms with Crippen LogP contribution >= 0.6 is 0 Å². The van der Waals surface area contributed by atoms with E-state index in [4.69, 9.17) is 0 Å². The minimum atomic E-state index is -0.193. The Labute approximate surface area is 157 Å². The molecule has 0 aliphatic carbocycles. The van der Waals surface area contributed by atoms with Gasteiger partial charge in [-0.05, 0) is 30.5 Å². The number of aryl methyl sites for hydroxylation is 1. The molecule has 0 bridgehead atoms. The van der Waals surface area contributed by atoms with Crippen molar-refractivity contribution in [3.8, 4) is 0 Å². The SMILES string of the molecule is O=C1c2ccccc2C(=O)N1CCCCn1cc(Cc2ccccc2)nn1. The Morgan fingerprint density at radius 1 is 0.778 bits per heavy atom. The molecule has 3 aromatic rings. The maximum Gasteiger partial charge on any atom is 0.261 e. The van der Waals surface area contributed by atoms with E-state index in [1.807, 2.05) is 29.1 Å². The van der Waals surface area contributed by atoms with Gasteiger partial charge in [-0.2, -0.15) is 0 Å². The van der Waals surface area contributed by atoms with Gasteiger partial charge in [-0.15, -0.1) is 5.10 Å². The Balaban J connectivity index is 1.27. The molecule has 0 saturated heterocycles. The van der Waals surface area contributed by atoms with E-state index >= 15 is 0 Å². The van der Waals surface area contributed by atoms with Crippen LogP contribution in [0.4, 0.5) is 0 Å². The highest BCUT2D eigenvalue weighted by Gasteiger charge is 2.34. The fraction of sp³-hybridized carbons (Fsp3) is 0.238. The maximum atomic E-state index is 12.3. The Kier molecular flexibility index (Phi) is 4.78. The van der Waals surface area contributed by atoms with Crippen molar-refractivity contribution >= 4 is 11.8 Å². The Morgan fingerprint density at radius 3 is 2.11 bits per heavy atom. The van der Waals surface area contributed by atoms with Gasteiger partial charge in [0.05, 0.1) is 16.8 Å². The van der Waals surface area contributed by atoms with E-state index < -0.39 is 0 Å². The first kappa shape index (κ1) is 17.1. The average molecular weight is 360 g/mol. The number of amides is 2. The first-order valence-corrected chi connectivity index (χ1v) is 9.10. The normalized spacial score (nSPS) is 13.3. The number of imide groups is 1. The molecule has 0 N–H and O–H groups in total. The monoisotopic (exact) mass is 360 g/mol. The summed E-state index contributed by atoms with van der Waals surface area (Å²) in [4.78, 5) is 26.0. The number of fused-ring (bicyclic) bond motifs is 1. The molecule has 0 saturated carbocycles. The number of carbonyl (C=O) groups is 2. The summed E-state index contributed by atoms with van der Waals surface area (Å²) in [6.07, 6.45) is 4.27. The van der Waals surface area contributed by atoms with E-state index in [0.717, 1.165) is 25.0 Å². The van der Waals surface area contributed by atoms with Gasteiger partial charge in [0, 0.05) is 25.7 Å². The van der Waals surface area contributed by atoms with Crippen LogP contribution in [-0.4, -0.2) is 38.3 Å². The first-order chi connectivity index (χ1) is 13.2. The first-order valence-electron chi connectivity index (χ1n) is 9.10. The van der Waals surface area contributed by atoms with Gasteiger partial charge in [-0.1, -0.05) is 47.7 Å².